The molecule has 0 saturated heterocycles. The molecule has 1 rings (SSSR count). The molecule has 2 nitrogen and oxygen atoms in total. The van der Waals surface area contributed by atoms with Crippen LogP contribution in [0.1, 0.15) is 54.4 Å². The van der Waals surface area contributed by atoms with Gasteiger partial charge < -0.3 is 9.47 Å². The van der Waals surface area contributed by atoms with Gasteiger partial charge in [0.2, 0.25) is 0 Å². The number of hydrogen-bond donors (Lipinski definition) is 0. The smallest absolute Gasteiger partial charge is 0.332 e. The third-order valence-corrected chi connectivity index (χ3v) is 4.31. The second-order valence-electron chi connectivity index (χ2n) is 7.20. The third kappa shape index (κ3) is 3.31. The fourth-order valence-electron chi connectivity index (χ4n) is 2.01. The Bertz CT molecular complexity index is 503. The van der Waals surface area contributed by atoms with Gasteiger partial charge >= 0.3 is 17.7 Å². The normalized spacial score (nSPS) is 32.8. The molecule has 24 heavy (non-hydrogen) atoms. The molecule has 0 aliphatic heterocycles. The summed E-state index contributed by atoms with van der Waals surface area (Å²) in [5.41, 5.74) is -3.02. The molecule has 8 heteroatoms. The first kappa shape index (κ1) is 21.3. The van der Waals surface area contributed by atoms with Gasteiger partial charge in [0.25, 0.3) is 5.85 Å². The van der Waals surface area contributed by atoms with Crippen LogP contribution in [0.3, 0.4) is 0 Å². The van der Waals surface area contributed by atoms with Crippen molar-refractivity contribution in [3.8, 4) is 0 Å². The Morgan fingerprint density at radius 3 is 1.58 bits per heavy atom. The van der Waals surface area contributed by atoms with Gasteiger partial charge in [-0.1, -0.05) is 13.8 Å². The number of halogens is 6. The molecule has 0 aromatic carbocycles. The molecular weight excluding hydrogens is 338 g/mol. The fraction of sp³-hybridized carbons (Fsp3) is 0.875. The summed E-state index contributed by atoms with van der Waals surface area (Å²) in [5, 5.41) is 0. The quantitative estimate of drug-likeness (QED) is 0.454. The van der Waals surface area contributed by atoms with E-state index in [0.29, 0.717) is 0 Å². The first-order valence-electron chi connectivity index (χ1n) is 7.73. The van der Waals surface area contributed by atoms with Crippen molar-refractivity contribution in [2.45, 2.75) is 89.1 Å². The van der Waals surface area contributed by atoms with Crippen LogP contribution in [0.5, 0.6) is 0 Å². The molecule has 142 valence electrons. The summed E-state index contributed by atoms with van der Waals surface area (Å²) in [6, 6.07) is 0. The molecule has 0 aromatic rings. The molecule has 1 aliphatic carbocycles. The van der Waals surface area contributed by atoms with E-state index >= 15 is 8.78 Å². The molecule has 0 amide bonds. The second kappa shape index (κ2) is 5.90. The molecule has 0 spiro atoms. The topological polar surface area (TPSA) is 18.5 Å². The van der Waals surface area contributed by atoms with E-state index in [9.17, 15) is 17.6 Å². The van der Waals surface area contributed by atoms with E-state index in [1.807, 2.05) is 0 Å². The zero-order chi connectivity index (χ0) is 19.2. The number of rotatable bonds is 6. The van der Waals surface area contributed by atoms with Crippen molar-refractivity contribution >= 4 is 0 Å². The van der Waals surface area contributed by atoms with Gasteiger partial charge in [-0.05, 0) is 52.7 Å². The van der Waals surface area contributed by atoms with E-state index in [1.165, 1.54) is 34.6 Å². The van der Waals surface area contributed by atoms with Crippen molar-refractivity contribution < 1.29 is 35.8 Å². The molecule has 0 aromatic heterocycles. The number of allylic oxidation sites excluding steroid dienone is 1. The summed E-state index contributed by atoms with van der Waals surface area (Å²) in [7, 11) is 0. The van der Waals surface area contributed by atoms with Crippen LogP contribution in [0, 0.1) is 0 Å². The van der Waals surface area contributed by atoms with Gasteiger partial charge in [0.15, 0.2) is 0 Å². The van der Waals surface area contributed by atoms with E-state index in [-0.39, 0.29) is 25.0 Å². The highest BCUT2D eigenvalue weighted by Gasteiger charge is 2.82. The Morgan fingerprint density at radius 2 is 1.17 bits per heavy atom. The predicted octanol–water partition coefficient (Wildman–Crippen LogP) is 5.57. The Kier molecular flexibility index (Phi) is 5.23. The lowest BCUT2D eigenvalue weighted by atomic mass is 9.87. The predicted molar refractivity (Wildman–Crippen MR) is 77.6 cm³/mol. The van der Waals surface area contributed by atoms with Crippen LogP contribution in [0.4, 0.5) is 26.3 Å². The van der Waals surface area contributed by atoms with Crippen LogP contribution in [0.25, 0.3) is 0 Å². The molecule has 0 N–H and O–H groups in total. The van der Waals surface area contributed by atoms with Crippen molar-refractivity contribution in [2.24, 2.45) is 0 Å². The Hall–Kier alpha value is -0.760. The molecule has 0 radical (unpaired) electrons. The minimum Gasteiger partial charge on any atom is -0.332 e. The van der Waals surface area contributed by atoms with Crippen molar-refractivity contribution in [1.82, 2.24) is 0 Å². The molecular formula is C16H24F6O2. The van der Waals surface area contributed by atoms with Gasteiger partial charge in [0.1, 0.15) is 0 Å². The molecule has 1 aliphatic rings. The Labute approximate surface area is 138 Å². The highest BCUT2D eigenvalue weighted by molar-refractivity contribution is 5.24. The molecule has 2 unspecified atom stereocenters. The Morgan fingerprint density at radius 1 is 0.750 bits per heavy atom. The number of ether oxygens (including phenoxy) is 2. The maximum Gasteiger partial charge on any atom is 0.377 e. The summed E-state index contributed by atoms with van der Waals surface area (Å²) in [5.74, 6) is -19.0. The summed E-state index contributed by atoms with van der Waals surface area (Å²) >= 11 is 0. The minimum atomic E-state index is -5.47. The van der Waals surface area contributed by atoms with Crippen molar-refractivity contribution in [1.29, 1.82) is 0 Å². The van der Waals surface area contributed by atoms with Gasteiger partial charge in [0, 0.05) is 0 Å². The zero-order valence-corrected chi connectivity index (χ0v) is 14.7. The highest BCUT2D eigenvalue weighted by atomic mass is 19.3. The number of hydrogen-bond acceptors (Lipinski definition) is 2. The van der Waals surface area contributed by atoms with Gasteiger partial charge in [0.05, 0.1) is 11.2 Å². The first-order chi connectivity index (χ1) is 10.5. The summed E-state index contributed by atoms with van der Waals surface area (Å²) in [6.07, 6.45) is -0.286. The van der Waals surface area contributed by atoms with E-state index < -0.39 is 34.8 Å². The fourth-order valence-corrected chi connectivity index (χ4v) is 2.01. The zero-order valence-electron chi connectivity index (χ0n) is 14.7. The molecule has 2 atom stereocenters. The molecule has 0 fully saturated rings. The van der Waals surface area contributed by atoms with E-state index in [4.69, 9.17) is 4.74 Å². The highest BCUT2D eigenvalue weighted by Crippen LogP contribution is 2.58. The molecule has 0 heterocycles. The average Bonchev–Trinajstić information content (AvgIpc) is 2.42. The van der Waals surface area contributed by atoms with Crippen LogP contribution in [0.2, 0.25) is 0 Å². The average molecular weight is 362 g/mol. The maximum absolute atomic E-state index is 15.2. The van der Waals surface area contributed by atoms with Crippen LogP contribution in [-0.4, -0.2) is 34.8 Å². The lowest BCUT2D eigenvalue weighted by molar-refractivity contribution is -0.442. The van der Waals surface area contributed by atoms with Crippen molar-refractivity contribution in [3.05, 3.63) is 12.2 Å². The van der Waals surface area contributed by atoms with Crippen LogP contribution >= 0.6 is 0 Å². The standard InChI is InChI=1S/C16H24F6O2/c1-7-11(3,4)23-14(19)10-9-13(17,18)15(20,21)16(14,22)24-12(5,6)8-2/h9-10H,7-8H2,1-6H3. The molecule has 0 saturated carbocycles. The van der Waals surface area contributed by atoms with Crippen molar-refractivity contribution in [3.63, 3.8) is 0 Å². The lowest BCUT2D eigenvalue weighted by Gasteiger charge is -2.50. The summed E-state index contributed by atoms with van der Waals surface area (Å²) < 4.78 is 95.7. The lowest BCUT2D eigenvalue weighted by Crippen LogP contribution is -2.71. The maximum atomic E-state index is 15.2. The van der Waals surface area contributed by atoms with E-state index in [1.54, 1.807) is 6.92 Å². The van der Waals surface area contributed by atoms with Gasteiger partial charge in [-0.25, -0.2) is 4.39 Å². The summed E-state index contributed by atoms with van der Waals surface area (Å²) in [4.78, 5) is 0. The third-order valence-electron chi connectivity index (χ3n) is 4.31. The second-order valence-corrected chi connectivity index (χ2v) is 7.20. The van der Waals surface area contributed by atoms with Gasteiger partial charge in [-0.15, -0.1) is 0 Å². The van der Waals surface area contributed by atoms with Crippen LogP contribution in [-0.2, 0) is 9.47 Å². The summed E-state index contributed by atoms with van der Waals surface area (Å²) in [6.45, 7) is 8.09. The first-order valence-corrected chi connectivity index (χ1v) is 7.73. The minimum absolute atomic E-state index is 0.0166. The number of alkyl halides is 6. The SMILES string of the molecule is CCC(C)(C)OC1(F)C=CC(F)(F)C(F)(F)C1(F)OC(C)(C)CC. The Balaban J connectivity index is 3.55. The van der Waals surface area contributed by atoms with Crippen LogP contribution < -0.4 is 0 Å². The largest absolute Gasteiger partial charge is 0.377 e. The van der Waals surface area contributed by atoms with Crippen molar-refractivity contribution in [2.75, 3.05) is 0 Å². The van der Waals surface area contributed by atoms with Gasteiger partial charge in [-0.2, -0.15) is 22.0 Å². The van der Waals surface area contributed by atoms with E-state index in [2.05, 4.69) is 4.74 Å². The van der Waals surface area contributed by atoms with Gasteiger partial charge in [-0.3, -0.25) is 0 Å². The monoisotopic (exact) mass is 362 g/mol. The van der Waals surface area contributed by atoms with Crippen LogP contribution in [0.15, 0.2) is 12.2 Å². The van der Waals surface area contributed by atoms with E-state index in [0.717, 1.165) is 0 Å². The molecule has 0 bridgehead atoms.